The van der Waals surface area contributed by atoms with E-state index in [1.165, 1.54) is 30.4 Å². The van der Waals surface area contributed by atoms with Gasteiger partial charge in [0.15, 0.2) is 0 Å². The van der Waals surface area contributed by atoms with E-state index in [1.54, 1.807) is 7.11 Å². The molecule has 4 heteroatoms. The normalized spacial score (nSPS) is 29.8. The quantitative estimate of drug-likeness (QED) is 0.881. The van der Waals surface area contributed by atoms with E-state index in [4.69, 9.17) is 4.74 Å². The molecule has 2 heterocycles. The second-order valence-electron chi connectivity index (χ2n) is 8.14. The first-order chi connectivity index (χ1) is 12.3. The van der Waals surface area contributed by atoms with Crippen LogP contribution in [0.2, 0.25) is 0 Å². The number of aliphatic hydroxyl groups excluding tert-OH is 1. The van der Waals surface area contributed by atoms with Gasteiger partial charge in [0.05, 0.1) is 12.1 Å². The molecule has 4 nitrogen and oxygen atoms in total. The molecule has 2 aliphatic heterocycles. The highest BCUT2D eigenvalue weighted by Crippen LogP contribution is 2.52. The van der Waals surface area contributed by atoms with Gasteiger partial charge in [-0.05, 0) is 75.3 Å². The fourth-order valence-corrected chi connectivity index (χ4v) is 5.48. The summed E-state index contributed by atoms with van der Waals surface area (Å²) in [5, 5.41) is 14.9. The minimum atomic E-state index is -0.275. The molecule has 2 saturated heterocycles. The Morgan fingerprint density at radius 2 is 1.92 bits per heavy atom. The molecule has 0 amide bonds. The van der Waals surface area contributed by atoms with Gasteiger partial charge in [-0.15, -0.1) is 0 Å². The number of hydrogen-bond donors (Lipinski definition) is 2. The summed E-state index contributed by atoms with van der Waals surface area (Å²) >= 11 is 0. The Morgan fingerprint density at radius 1 is 1.20 bits per heavy atom. The smallest absolute Gasteiger partial charge is 0.0834 e. The molecular weight excluding hydrogens is 312 g/mol. The van der Waals surface area contributed by atoms with Crippen molar-refractivity contribution in [1.29, 1.82) is 0 Å². The SMILES string of the molecule is COCCC1CCN([C@H]2c3ccccc3C3(CCNCC3)[C@@H]2O)CC1. The number of fused-ring (bicyclic) bond motifs is 2. The number of piperidine rings is 2. The number of ether oxygens (including phenoxy) is 1. The van der Waals surface area contributed by atoms with Crippen molar-refractivity contribution in [2.75, 3.05) is 39.9 Å². The summed E-state index contributed by atoms with van der Waals surface area (Å²) in [6.45, 7) is 5.08. The minimum absolute atomic E-state index is 0.0423. The summed E-state index contributed by atoms with van der Waals surface area (Å²) in [5.74, 6) is 0.776. The van der Waals surface area contributed by atoms with E-state index in [1.807, 2.05) is 0 Å². The van der Waals surface area contributed by atoms with E-state index in [0.29, 0.717) is 0 Å². The highest BCUT2D eigenvalue weighted by Gasteiger charge is 2.53. The highest BCUT2D eigenvalue weighted by molar-refractivity contribution is 5.45. The van der Waals surface area contributed by atoms with Crippen LogP contribution in [-0.2, 0) is 10.2 Å². The topological polar surface area (TPSA) is 44.7 Å². The Balaban J connectivity index is 1.55. The molecule has 0 unspecified atom stereocenters. The first kappa shape index (κ1) is 17.5. The summed E-state index contributed by atoms with van der Waals surface area (Å²) in [6, 6.07) is 9.00. The molecule has 0 saturated carbocycles. The molecule has 2 fully saturated rings. The van der Waals surface area contributed by atoms with Crippen LogP contribution in [0.25, 0.3) is 0 Å². The van der Waals surface area contributed by atoms with Crippen LogP contribution in [0.15, 0.2) is 24.3 Å². The van der Waals surface area contributed by atoms with E-state index >= 15 is 0 Å². The molecule has 1 aromatic rings. The maximum Gasteiger partial charge on any atom is 0.0834 e. The number of rotatable bonds is 4. The molecule has 0 aromatic heterocycles. The van der Waals surface area contributed by atoms with Crippen LogP contribution in [0.4, 0.5) is 0 Å². The molecule has 2 N–H and O–H groups in total. The zero-order chi connectivity index (χ0) is 17.3. The number of nitrogens with zero attached hydrogens (tertiary/aromatic N) is 1. The van der Waals surface area contributed by atoms with Crippen molar-refractivity contribution in [3.63, 3.8) is 0 Å². The van der Waals surface area contributed by atoms with Gasteiger partial charge in [-0.25, -0.2) is 0 Å². The van der Waals surface area contributed by atoms with Gasteiger partial charge >= 0.3 is 0 Å². The largest absolute Gasteiger partial charge is 0.390 e. The van der Waals surface area contributed by atoms with Crippen LogP contribution in [0.5, 0.6) is 0 Å². The molecule has 138 valence electrons. The number of likely N-dealkylation sites (tertiary alicyclic amines) is 1. The number of aliphatic hydroxyl groups is 1. The Morgan fingerprint density at radius 3 is 2.64 bits per heavy atom. The van der Waals surface area contributed by atoms with Crippen LogP contribution >= 0.6 is 0 Å². The number of hydrogen-bond acceptors (Lipinski definition) is 4. The van der Waals surface area contributed by atoms with E-state index in [2.05, 4.69) is 34.5 Å². The Labute approximate surface area is 151 Å². The van der Waals surface area contributed by atoms with Crippen molar-refractivity contribution >= 4 is 0 Å². The first-order valence-electron chi connectivity index (χ1n) is 9.97. The van der Waals surface area contributed by atoms with Gasteiger partial charge < -0.3 is 15.2 Å². The van der Waals surface area contributed by atoms with Crippen molar-refractivity contribution in [1.82, 2.24) is 10.2 Å². The van der Waals surface area contributed by atoms with Crippen molar-refractivity contribution in [3.8, 4) is 0 Å². The zero-order valence-electron chi connectivity index (χ0n) is 15.4. The summed E-state index contributed by atoms with van der Waals surface area (Å²) in [5.41, 5.74) is 2.75. The lowest BCUT2D eigenvalue weighted by Crippen LogP contribution is -2.49. The predicted molar refractivity (Wildman–Crippen MR) is 99.8 cm³/mol. The van der Waals surface area contributed by atoms with Crippen molar-refractivity contribution in [2.45, 2.75) is 49.7 Å². The molecule has 4 rings (SSSR count). The molecule has 1 aromatic carbocycles. The van der Waals surface area contributed by atoms with Crippen molar-refractivity contribution in [3.05, 3.63) is 35.4 Å². The van der Waals surface area contributed by atoms with Gasteiger partial charge in [0, 0.05) is 19.1 Å². The third-order valence-corrected chi connectivity index (χ3v) is 6.95. The summed E-state index contributed by atoms with van der Waals surface area (Å²) in [6.07, 6.45) is 5.44. The number of nitrogens with one attached hydrogen (secondary N) is 1. The average Bonchev–Trinajstić information content (AvgIpc) is 2.90. The third-order valence-electron chi connectivity index (χ3n) is 6.95. The van der Waals surface area contributed by atoms with E-state index in [-0.39, 0.29) is 17.6 Å². The van der Waals surface area contributed by atoms with Gasteiger partial charge in [0.2, 0.25) is 0 Å². The first-order valence-corrected chi connectivity index (χ1v) is 9.97. The fourth-order valence-electron chi connectivity index (χ4n) is 5.48. The van der Waals surface area contributed by atoms with Gasteiger partial charge in [0.1, 0.15) is 0 Å². The van der Waals surface area contributed by atoms with Crippen LogP contribution in [-0.4, -0.2) is 56.0 Å². The standard InChI is InChI=1S/C21H32N2O2/c1-25-15-8-16-6-13-23(14-7-16)19-17-4-2-3-5-18(17)21(20(19)24)9-11-22-12-10-21/h2-5,16,19-20,22,24H,6-15H2,1H3/t19-,20+/m0/s1. The highest BCUT2D eigenvalue weighted by atomic mass is 16.5. The summed E-state index contributed by atoms with van der Waals surface area (Å²) in [7, 11) is 1.79. The maximum absolute atomic E-state index is 11.5. The van der Waals surface area contributed by atoms with Crippen molar-refractivity contribution < 1.29 is 9.84 Å². The lowest BCUT2D eigenvalue weighted by molar-refractivity contribution is -0.0143. The molecule has 25 heavy (non-hydrogen) atoms. The Kier molecular flexibility index (Phi) is 5.14. The number of benzene rings is 1. The van der Waals surface area contributed by atoms with Gasteiger partial charge in [0.25, 0.3) is 0 Å². The number of methoxy groups -OCH3 is 1. The van der Waals surface area contributed by atoms with Gasteiger partial charge in [-0.2, -0.15) is 0 Å². The monoisotopic (exact) mass is 344 g/mol. The van der Waals surface area contributed by atoms with Crippen molar-refractivity contribution in [2.24, 2.45) is 5.92 Å². The van der Waals surface area contributed by atoms with Gasteiger partial charge in [-0.1, -0.05) is 24.3 Å². The molecule has 3 aliphatic rings. The van der Waals surface area contributed by atoms with Gasteiger partial charge in [-0.3, -0.25) is 4.90 Å². The lowest BCUT2D eigenvalue weighted by atomic mass is 9.72. The van der Waals surface area contributed by atoms with Crippen LogP contribution in [0.1, 0.15) is 49.3 Å². The molecular formula is C21H32N2O2. The van der Waals surface area contributed by atoms with E-state index in [9.17, 15) is 5.11 Å². The fraction of sp³-hybridized carbons (Fsp3) is 0.714. The molecule has 2 atom stereocenters. The molecule has 0 bridgehead atoms. The Hall–Kier alpha value is -0.940. The van der Waals surface area contributed by atoms with E-state index in [0.717, 1.165) is 51.5 Å². The average molecular weight is 344 g/mol. The molecule has 1 aliphatic carbocycles. The second-order valence-corrected chi connectivity index (χ2v) is 8.14. The molecule has 0 radical (unpaired) electrons. The predicted octanol–water partition coefficient (Wildman–Crippen LogP) is 2.47. The van der Waals surface area contributed by atoms with Crippen LogP contribution in [0, 0.1) is 5.92 Å². The van der Waals surface area contributed by atoms with E-state index < -0.39 is 0 Å². The summed E-state index contributed by atoms with van der Waals surface area (Å²) in [4.78, 5) is 2.56. The summed E-state index contributed by atoms with van der Waals surface area (Å²) < 4.78 is 5.25. The third kappa shape index (κ3) is 3.03. The minimum Gasteiger partial charge on any atom is -0.390 e. The maximum atomic E-state index is 11.5. The Bertz CT molecular complexity index is 577. The van der Waals surface area contributed by atoms with Crippen LogP contribution in [0.3, 0.4) is 0 Å². The molecule has 1 spiro atoms. The zero-order valence-corrected chi connectivity index (χ0v) is 15.4. The second kappa shape index (κ2) is 7.36. The lowest BCUT2D eigenvalue weighted by Gasteiger charge is -2.42. The van der Waals surface area contributed by atoms with Crippen LogP contribution < -0.4 is 5.32 Å².